The van der Waals surface area contributed by atoms with Gasteiger partial charge in [-0.25, -0.2) is 0 Å². The Morgan fingerprint density at radius 2 is 2.38 bits per heavy atom. The molecule has 0 fully saturated rings. The highest BCUT2D eigenvalue weighted by molar-refractivity contribution is 5.11. The predicted molar refractivity (Wildman–Crippen MR) is 43.7 cm³/mol. The van der Waals surface area contributed by atoms with E-state index in [1.807, 2.05) is 0 Å². The van der Waals surface area contributed by atoms with E-state index in [-0.39, 0.29) is 5.82 Å². The lowest BCUT2D eigenvalue weighted by molar-refractivity contribution is 0.397. The maximum Gasteiger partial charge on any atom is 0.291 e. The van der Waals surface area contributed by atoms with Crippen LogP contribution in [-0.2, 0) is 0 Å². The SMILES string of the molecule is CCC(N)c1nc(O)c(F)c(=O)[nH]1. The molecule has 0 aliphatic rings. The number of nitrogens with zero attached hydrogens (tertiary/aromatic N) is 1. The van der Waals surface area contributed by atoms with E-state index < -0.39 is 23.3 Å². The first kappa shape index (κ1) is 9.66. The van der Waals surface area contributed by atoms with Crippen molar-refractivity contribution >= 4 is 0 Å². The van der Waals surface area contributed by atoms with Crippen molar-refractivity contribution in [3.05, 3.63) is 22.0 Å². The molecule has 13 heavy (non-hydrogen) atoms. The Labute approximate surface area is 73.4 Å². The van der Waals surface area contributed by atoms with Gasteiger partial charge in [0, 0.05) is 0 Å². The van der Waals surface area contributed by atoms with Gasteiger partial charge in [-0.2, -0.15) is 9.37 Å². The number of hydrogen-bond acceptors (Lipinski definition) is 4. The minimum atomic E-state index is -1.29. The summed E-state index contributed by atoms with van der Waals surface area (Å²) < 4.78 is 12.6. The van der Waals surface area contributed by atoms with Gasteiger partial charge in [0.25, 0.3) is 11.4 Å². The molecule has 1 atom stereocenters. The number of halogens is 1. The van der Waals surface area contributed by atoms with Crippen molar-refractivity contribution in [3.8, 4) is 5.88 Å². The Kier molecular flexibility index (Phi) is 2.62. The van der Waals surface area contributed by atoms with Crippen molar-refractivity contribution in [3.63, 3.8) is 0 Å². The molecular formula is C7H10FN3O2. The summed E-state index contributed by atoms with van der Waals surface area (Å²) in [5.41, 5.74) is 4.51. The molecule has 0 saturated heterocycles. The van der Waals surface area contributed by atoms with Crippen molar-refractivity contribution < 1.29 is 9.50 Å². The topological polar surface area (TPSA) is 92.0 Å². The van der Waals surface area contributed by atoms with Gasteiger partial charge in [0.1, 0.15) is 5.82 Å². The molecule has 4 N–H and O–H groups in total. The van der Waals surface area contributed by atoms with Crippen molar-refractivity contribution in [1.82, 2.24) is 9.97 Å². The van der Waals surface area contributed by atoms with Gasteiger partial charge in [-0.1, -0.05) is 6.92 Å². The molecule has 1 aromatic rings. The molecule has 0 saturated carbocycles. The van der Waals surface area contributed by atoms with Gasteiger partial charge >= 0.3 is 0 Å². The lowest BCUT2D eigenvalue weighted by Crippen LogP contribution is -2.21. The zero-order valence-corrected chi connectivity index (χ0v) is 7.04. The number of rotatable bonds is 2. The summed E-state index contributed by atoms with van der Waals surface area (Å²) in [5.74, 6) is -2.11. The van der Waals surface area contributed by atoms with Crippen molar-refractivity contribution in [2.24, 2.45) is 5.73 Å². The molecule has 0 radical (unpaired) electrons. The van der Waals surface area contributed by atoms with Crippen LogP contribution < -0.4 is 11.3 Å². The largest absolute Gasteiger partial charge is 0.491 e. The zero-order valence-electron chi connectivity index (χ0n) is 7.04. The molecule has 72 valence electrons. The number of H-pyrrole nitrogens is 1. The smallest absolute Gasteiger partial charge is 0.291 e. The summed E-state index contributed by atoms with van der Waals surface area (Å²) in [6, 6.07) is -0.501. The summed E-state index contributed by atoms with van der Waals surface area (Å²) in [6.45, 7) is 1.78. The first-order valence-electron chi connectivity index (χ1n) is 3.80. The lowest BCUT2D eigenvalue weighted by atomic mass is 10.2. The number of nitrogens with two attached hydrogens (primary N) is 1. The Morgan fingerprint density at radius 1 is 1.77 bits per heavy atom. The molecule has 6 heteroatoms. The number of hydrogen-bond donors (Lipinski definition) is 3. The Hall–Kier alpha value is -1.43. The van der Waals surface area contributed by atoms with E-state index in [0.29, 0.717) is 6.42 Å². The fourth-order valence-corrected chi connectivity index (χ4v) is 0.833. The normalized spacial score (nSPS) is 12.8. The van der Waals surface area contributed by atoms with Crippen molar-refractivity contribution in [1.29, 1.82) is 0 Å². The molecule has 5 nitrogen and oxygen atoms in total. The van der Waals surface area contributed by atoms with E-state index in [1.54, 1.807) is 6.92 Å². The monoisotopic (exact) mass is 187 g/mol. The molecule has 0 aliphatic carbocycles. The zero-order chi connectivity index (χ0) is 10.0. The molecule has 1 aromatic heterocycles. The molecule has 1 unspecified atom stereocenters. The molecule has 1 rings (SSSR count). The quantitative estimate of drug-likeness (QED) is 0.608. The van der Waals surface area contributed by atoms with Crippen molar-refractivity contribution in [2.45, 2.75) is 19.4 Å². The summed E-state index contributed by atoms with van der Waals surface area (Å²) in [5, 5.41) is 8.86. The first-order chi connectivity index (χ1) is 6.06. The van der Waals surface area contributed by atoms with Crippen LogP contribution in [0.15, 0.2) is 4.79 Å². The van der Waals surface area contributed by atoms with E-state index in [9.17, 15) is 9.18 Å². The van der Waals surface area contributed by atoms with Crippen LogP contribution in [0, 0.1) is 5.82 Å². The third kappa shape index (κ3) is 1.83. The molecule has 0 spiro atoms. The van der Waals surface area contributed by atoms with Gasteiger partial charge in [-0.05, 0) is 6.42 Å². The Bertz CT molecular complexity index is 363. The number of aromatic nitrogens is 2. The lowest BCUT2D eigenvalue weighted by Gasteiger charge is -2.07. The van der Waals surface area contributed by atoms with Gasteiger partial charge in [-0.15, -0.1) is 0 Å². The molecular weight excluding hydrogens is 177 g/mol. The second-order valence-electron chi connectivity index (χ2n) is 2.60. The molecule has 0 aromatic carbocycles. The van der Waals surface area contributed by atoms with E-state index in [0.717, 1.165) is 0 Å². The second-order valence-corrected chi connectivity index (χ2v) is 2.60. The number of aromatic hydroxyl groups is 1. The Balaban J connectivity index is 3.21. The molecule has 0 aliphatic heterocycles. The summed E-state index contributed by atoms with van der Waals surface area (Å²) in [4.78, 5) is 16.3. The maximum atomic E-state index is 12.6. The summed E-state index contributed by atoms with van der Waals surface area (Å²) in [6.07, 6.45) is 0.536. The van der Waals surface area contributed by atoms with Crippen LogP contribution in [0.2, 0.25) is 0 Å². The van der Waals surface area contributed by atoms with E-state index in [2.05, 4.69) is 9.97 Å². The van der Waals surface area contributed by atoms with E-state index >= 15 is 0 Å². The predicted octanol–water partition coefficient (Wildman–Crippen LogP) is 0.0244. The van der Waals surface area contributed by atoms with Crippen molar-refractivity contribution in [2.75, 3.05) is 0 Å². The van der Waals surface area contributed by atoms with Crippen LogP contribution in [0.5, 0.6) is 5.88 Å². The average Bonchev–Trinajstić information content (AvgIpc) is 2.12. The van der Waals surface area contributed by atoms with E-state index in [4.69, 9.17) is 10.8 Å². The van der Waals surface area contributed by atoms with Gasteiger partial charge in [-0.3, -0.25) is 4.79 Å². The standard InChI is InChI=1S/C7H10FN3O2/c1-2-3(9)5-10-6(12)4(8)7(13)11-5/h3H,2,9H2,1H3,(H2,10,11,12,13). The minimum Gasteiger partial charge on any atom is -0.491 e. The van der Waals surface area contributed by atoms with Gasteiger partial charge in [0.2, 0.25) is 5.82 Å². The third-order valence-corrected chi connectivity index (χ3v) is 1.65. The number of nitrogens with one attached hydrogen (secondary N) is 1. The van der Waals surface area contributed by atoms with Crippen LogP contribution in [0.4, 0.5) is 4.39 Å². The maximum absolute atomic E-state index is 12.6. The minimum absolute atomic E-state index is 0.0893. The van der Waals surface area contributed by atoms with Crippen LogP contribution in [0.25, 0.3) is 0 Å². The highest BCUT2D eigenvalue weighted by Crippen LogP contribution is 2.11. The van der Waals surface area contributed by atoms with Gasteiger partial charge in [0.05, 0.1) is 6.04 Å². The van der Waals surface area contributed by atoms with Crippen LogP contribution in [-0.4, -0.2) is 15.1 Å². The molecule has 0 bridgehead atoms. The van der Waals surface area contributed by atoms with Gasteiger partial charge in [0.15, 0.2) is 0 Å². The second kappa shape index (κ2) is 3.53. The first-order valence-corrected chi connectivity index (χ1v) is 3.80. The van der Waals surface area contributed by atoms with Gasteiger partial charge < -0.3 is 15.8 Å². The fraction of sp³-hybridized carbons (Fsp3) is 0.429. The van der Waals surface area contributed by atoms with Crippen LogP contribution in [0.1, 0.15) is 25.2 Å². The van der Waals surface area contributed by atoms with Crippen LogP contribution >= 0.6 is 0 Å². The van der Waals surface area contributed by atoms with Crippen LogP contribution in [0.3, 0.4) is 0 Å². The fourth-order valence-electron chi connectivity index (χ4n) is 0.833. The third-order valence-electron chi connectivity index (χ3n) is 1.65. The summed E-state index contributed by atoms with van der Waals surface area (Å²) in [7, 11) is 0. The average molecular weight is 187 g/mol. The number of aromatic amines is 1. The Morgan fingerprint density at radius 3 is 2.85 bits per heavy atom. The van der Waals surface area contributed by atoms with E-state index in [1.165, 1.54) is 0 Å². The molecule has 1 heterocycles. The summed E-state index contributed by atoms with van der Waals surface area (Å²) >= 11 is 0. The highest BCUT2D eigenvalue weighted by atomic mass is 19.1. The molecule has 0 amide bonds. The highest BCUT2D eigenvalue weighted by Gasteiger charge is 2.13.